The fourth-order valence-corrected chi connectivity index (χ4v) is 3.44. The minimum atomic E-state index is -3.44. The zero-order valence-electron chi connectivity index (χ0n) is 12.3. The molecule has 0 saturated heterocycles. The first kappa shape index (κ1) is 16.1. The molecule has 1 rings (SSSR count). The van der Waals surface area contributed by atoms with Crippen molar-refractivity contribution >= 4 is 10.0 Å². The average molecular weight is 284 g/mol. The average Bonchev–Trinajstić information content (AvgIpc) is 2.36. The maximum atomic E-state index is 12.5. The lowest BCUT2D eigenvalue weighted by atomic mass is 10.1. The summed E-state index contributed by atoms with van der Waals surface area (Å²) in [5, 5.41) is 0. The van der Waals surface area contributed by atoms with Gasteiger partial charge in [-0.15, -0.1) is 0 Å². The summed E-state index contributed by atoms with van der Waals surface area (Å²) in [6, 6.07) is 5.07. The highest BCUT2D eigenvalue weighted by Gasteiger charge is 2.27. The van der Waals surface area contributed by atoms with Crippen molar-refractivity contribution in [1.82, 2.24) is 4.31 Å². The quantitative estimate of drug-likeness (QED) is 0.901. The Morgan fingerprint density at radius 3 is 2.26 bits per heavy atom. The van der Waals surface area contributed by atoms with Gasteiger partial charge >= 0.3 is 0 Å². The molecule has 4 nitrogen and oxygen atoms in total. The van der Waals surface area contributed by atoms with Gasteiger partial charge in [-0.05, 0) is 43.0 Å². The molecule has 0 bridgehead atoms. The van der Waals surface area contributed by atoms with E-state index in [9.17, 15) is 8.42 Å². The predicted octanol–water partition coefficient (Wildman–Crippen LogP) is 2.12. The van der Waals surface area contributed by atoms with Gasteiger partial charge in [-0.25, -0.2) is 8.42 Å². The van der Waals surface area contributed by atoms with Crippen LogP contribution in [0.2, 0.25) is 0 Å². The molecule has 0 aliphatic rings. The number of nitrogens with two attached hydrogens (primary N) is 1. The summed E-state index contributed by atoms with van der Waals surface area (Å²) < 4.78 is 26.5. The lowest BCUT2D eigenvalue weighted by molar-refractivity contribution is 0.316. The molecule has 0 aromatic heterocycles. The van der Waals surface area contributed by atoms with Gasteiger partial charge in [0, 0.05) is 19.6 Å². The molecule has 1 unspecified atom stereocenters. The van der Waals surface area contributed by atoms with E-state index in [2.05, 4.69) is 0 Å². The van der Waals surface area contributed by atoms with Crippen LogP contribution in [-0.4, -0.2) is 25.8 Å². The fourth-order valence-electron chi connectivity index (χ4n) is 1.86. The Bertz CT molecular complexity index is 538. The maximum Gasteiger partial charge on any atom is 0.243 e. The van der Waals surface area contributed by atoms with Gasteiger partial charge in [0.1, 0.15) is 0 Å². The highest BCUT2D eigenvalue weighted by atomic mass is 32.2. The third-order valence-electron chi connectivity index (χ3n) is 3.75. The van der Waals surface area contributed by atoms with Gasteiger partial charge in [-0.2, -0.15) is 4.31 Å². The van der Waals surface area contributed by atoms with E-state index >= 15 is 0 Å². The largest absolute Gasteiger partial charge is 0.326 e. The number of hydrogen-bond donors (Lipinski definition) is 1. The Morgan fingerprint density at radius 1 is 1.26 bits per heavy atom. The minimum Gasteiger partial charge on any atom is -0.326 e. The molecule has 19 heavy (non-hydrogen) atoms. The highest BCUT2D eigenvalue weighted by molar-refractivity contribution is 7.89. The van der Waals surface area contributed by atoms with Crippen molar-refractivity contribution in [3.63, 3.8) is 0 Å². The van der Waals surface area contributed by atoms with E-state index in [1.807, 2.05) is 27.7 Å². The standard InChI is InChI=1S/C14H24N2O2S/c1-10(2)12(4)16(5)19(17,18)14-7-6-13(9-15)11(3)8-14/h6-8,10,12H,9,15H2,1-5H3. The Kier molecular flexibility index (Phi) is 5.12. The van der Waals surface area contributed by atoms with E-state index in [1.165, 1.54) is 4.31 Å². The van der Waals surface area contributed by atoms with Crippen LogP contribution < -0.4 is 5.73 Å². The van der Waals surface area contributed by atoms with Crippen LogP contribution in [0.3, 0.4) is 0 Å². The molecule has 2 N–H and O–H groups in total. The first-order valence-electron chi connectivity index (χ1n) is 6.49. The number of nitrogens with zero attached hydrogens (tertiary/aromatic N) is 1. The van der Waals surface area contributed by atoms with Gasteiger partial charge in [-0.3, -0.25) is 0 Å². The van der Waals surface area contributed by atoms with Gasteiger partial charge in [0.15, 0.2) is 0 Å². The number of rotatable bonds is 5. The van der Waals surface area contributed by atoms with Crippen LogP contribution in [0.1, 0.15) is 31.9 Å². The van der Waals surface area contributed by atoms with Crippen LogP contribution in [0.25, 0.3) is 0 Å². The molecule has 0 saturated carbocycles. The summed E-state index contributed by atoms with van der Waals surface area (Å²) >= 11 is 0. The Balaban J connectivity index is 3.17. The molecule has 0 fully saturated rings. The van der Waals surface area contributed by atoms with Crippen LogP contribution in [0.5, 0.6) is 0 Å². The summed E-state index contributed by atoms with van der Waals surface area (Å²) in [5.41, 5.74) is 7.48. The third kappa shape index (κ3) is 3.35. The summed E-state index contributed by atoms with van der Waals surface area (Å²) in [7, 11) is -1.81. The van der Waals surface area contributed by atoms with Crippen LogP contribution in [-0.2, 0) is 16.6 Å². The highest BCUT2D eigenvalue weighted by Crippen LogP contribution is 2.22. The first-order valence-corrected chi connectivity index (χ1v) is 7.93. The monoisotopic (exact) mass is 284 g/mol. The summed E-state index contributed by atoms with van der Waals surface area (Å²) in [4.78, 5) is 0.331. The van der Waals surface area contributed by atoms with E-state index in [-0.39, 0.29) is 12.0 Å². The van der Waals surface area contributed by atoms with Crippen LogP contribution in [0.4, 0.5) is 0 Å². The molecule has 1 atom stereocenters. The Hall–Kier alpha value is -0.910. The number of sulfonamides is 1. The summed E-state index contributed by atoms with van der Waals surface area (Å²) in [6.07, 6.45) is 0. The molecule has 0 aliphatic heterocycles. The number of hydrogen-bond acceptors (Lipinski definition) is 3. The molecule has 0 aliphatic carbocycles. The lowest BCUT2D eigenvalue weighted by Gasteiger charge is -2.27. The molecular formula is C14H24N2O2S. The van der Waals surface area contributed by atoms with Crippen molar-refractivity contribution in [2.45, 2.75) is 45.2 Å². The van der Waals surface area contributed by atoms with E-state index in [0.717, 1.165) is 11.1 Å². The van der Waals surface area contributed by atoms with Gasteiger partial charge in [0.25, 0.3) is 0 Å². The lowest BCUT2D eigenvalue weighted by Crippen LogP contribution is -2.38. The van der Waals surface area contributed by atoms with E-state index < -0.39 is 10.0 Å². The topological polar surface area (TPSA) is 63.4 Å². The second-order valence-electron chi connectivity index (χ2n) is 5.30. The van der Waals surface area contributed by atoms with Gasteiger partial charge in [-0.1, -0.05) is 19.9 Å². The Labute approximate surface area is 116 Å². The molecule has 1 aromatic rings. The number of aryl methyl sites for hydroxylation is 1. The zero-order chi connectivity index (χ0) is 14.8. The molecule has 5 heteroatoms. The summed E-state index contributed by atoms with van der Waals surface area (Å²) in [6.45, 7) is 8.25. The molecular weight excluding hydrogens is 260 g/mol. The molecule has 0 heterocycles. The van der Waals surface area contributed by atoms with Gasteiger partial charge in [0.05, 0.1) is 4.90 Å². The van der Waals surface area contributed by atoms with Crippen molar-refractivity contribution in [2.75, 3.05) is 7.05 Å². The molecule has 108 valence electrons. The third-order valence-corrected chi connectivity index (χ3v) is 5.69. The number of benzene rings is 1. The second-order valence-corrected chi connectivity index (χ2v) is 7.30. The van der Waals surface area contributed by atoms with Crippen molar-refractivity contribution in [3.8, 4) is 0 Å². The summed E-state index contributed by atoms with van der Waals surface area (Å²) in [5.74, 6) is 0.268. The maximum absolute atomic E-state index is 12.5. The fraction of sp³-hybridized carbons (Fsp3) is 0.571. The van der Waals surface area contributed by atoms with Crippen LogP contribution >= 0.6 is 0 Å². The normalized spacial score (nSPS) is 14.1. The SMILES string of the molecule is Cc1cc(S(=O)(=O)N(C)C(C)C(C)C)ccc1CN. The minimum absolute atomic E-state index is 0.0421. The molecule has 0 amide bonds. The van der Waals surface area contributed by atoms with Crippen molar-refractivity contribution in [3.05, 3.63) is 29.3 Å². The van der Waals surface area contributed by atoms with Crippen molar-refractivity contribution < 1.29 is 8.42 Å². The molecule has 1 aromatic carbocycles. The smallest absolute Gasteiger partial charge is 0.243 e. The molecule has 0 spiro atoms. The van der Waals surface area contributed by atoms with E-state index in [0.29, 0.717) is 11.4 Å². The zero-order valence-corrected chi connectivity index (χ0v) is 13.2. The van der Waals surface area contributed by atoms with Gasteiger partial charge in [0.2, 0.25) is 10.0 Å². The second kappa shape index (κ2) is 6.03. The van der Waals surface area contributed by atoms with Crippen LogP contribution in [0, 0.1) is 12.8 Å². The molecule has 0 radical (unpaired) electrons. The first-order chi connectivity index (χ1) is 8.71. The van der Waals surface area contributed by atoms with Crippen molar-refractivity contribution in [1.29, 1.82) is 0 Å². The van der Waals surface area contributed by atoms with E-state index in [1.54, 1.807) is 25.2 Å². The van der Waals surface area contributed by atoms with Gasteiger partial charge < -0.3 is 5.73 Å². The van der Waals surface area contributed by atoms with E-state index in [4.69, 9.17) is 5.73 Å². The van der Waals surface area contributed by atoms with Crippen molar-refractivity contribution in [2.24, 2.45) is 11.7 Å². The predicted molar refractivity (Wildman–Crippen MR) is 78.3 cm³/mol. The van der Waals surface area contributed by atoms with Crippen LogP contribution in [0.15, 0.2) is 23.1 Å². The Morgan fingerprint density at radius 2 is 1.84 bits per heavy atom.